The molecule has 0 aromatic heterocycles. The summed E-state index contributed by atoms with van der Waals surface area (Å²) in [7, 11) is 2.09. The van der Waals surface area contributed by atoms with Crippen molar-refractivity contribution in [2.75, 3.05) is 20.1 Å². The molecule has 0 unspecified atom stereocenters. The van der Waals surface area contributed by atoms with Gasteiger partial charge >= 0.3 is 0 Å². The maximum Gasteiger partial charge on any atom is 0.224 e. The number of likely N-dealkylation sites (tertiary alicyclic amines) is 1. The highest BCUT2D eigenvalue weighted by atomic mass is 16.1. The van der Waals surface area contributed by atoms with Crippen LogP contribution in [0.5, 0.6) is 0 Å². The van der Waals surface area contributed by atoms with Crippen LogP contribution in [0, 0.1) is 0 Å². The second-order valence-electron chi connectivity index (χ2n) is 5.89. The van der Waals surface area contributed by atoms with Gasteiger partial charge in [-0.15, -0.1) is 0 Å². The number of hydrogen-bond acceptors (Lipinski definition) is 2. The van der Waals surface area contributed by atoms with Crippen molar-refractivity contribution in [3.8, 4) is 0 Å². The molecule has 2 rings (SSSR count). The maximum atomic E-state index is 12.0. The first-order chi connectivity index (χ1) is 9.04. The zero-order chi connectivity index (χ0) is 13.8. The predicted octanol–water partition coefficient (Wildman–Crippen LogP) is 2.17. The van der Waals surface area contributed by atoms with E-state index >= 15 is 0 Å². The molecule has 3 heteroatoms. The second kappa shape index (κ2) is 6.20. The summed E-state index contributed by atoms with van der Waals surface area (Å²) in [5.41, 5.74) is 2.41. The van der Waals surface area contributed by atoms with Crippen LogP contribution in [0.2, 0.25) is 0 Å². The van der Waals surface area contributed by atoms with Gasteiger partial charge in [-0.3, -0.25) is 4.79 Å². The van der Waals surface area contributed by atoms with Crippen LogP contribution < -0.4 is 5.32 Å². The van der Waals surface area contributed by atoms with Gasteiger partial charge in [0.25, 0.3) is 0 Å². The number of carbonyl (C=O) groups excluding carboxylic acids is 1. The van der Waals surface area contributed by atoms with E-state index in [1.807, 2.05) is 0 Å². The highest BCUT2D eigenvalue weighted by Crippen LogP contribution is 2.15. The Morgan fingerprint density at radius 2 is 2.05 bits per heavy atom. The average Bonchev–Trinajstić information content (AvgIpc) is 2.75. The van der Waals surface area contributed by atoms with Crippen molar-refractivity contribution in [2.45, 2.75) is 38.6 Å². The van der Waals surface area contributed by atoms with Crippen molar-refractivity contribution in [2.24, 2.45) is 0 Å². The summed E-state index contributed by atoms with van der Waals surface area (Å²) in [6.45, 7) is 6.41. The van der Waals surface area contributed by atoms with Crippen LogP contribution in [0.15, 0.2) is 24.3 Å². The van der Waals surface area contributed by atoms with Gasteiger partial charge in [-0.1, -0.05) is 38.1 Å². The number of hydrogen-bond donors (Lipinski definition) is 1. The fourth-order valence-corrected chi connectivity index (χ4v) is 2.54. The van der Waals surface area contributed by atoms with E-state index in [0.29, 0.717) is 18.4 Å². The topological polar surface area (TPSA) is 32.3 Å². The Balaban J connectivity index is 1.85. The molecule has 1 heterocycles. The minimum atomic E-state index is 0.137. The number of amides is 1. The van der Waals surface area contributed by atoms with E-state index in [4.69, 9.17) is 0 Å². The fraction of sp³-hybridized carbons (Fsp3) is 0.562. The van der Waals surface area contributed by atoms with Crippen molar-refractivity contribution in [3.05, 3.63) is 35.4 Å². The smallest absolute Gasteiger partial charge is 0.224 e. The zero-order valence-electron chi connectivity index (χ0n) is 12.1. The van der Waals surface area contributed by atoms with Crippen molar-refractivity contribution >= 4 is 5.91 Å². The molecule has 0 spiro atoms. The van der Waals surface area contributed by atoms with E-state index in [0.717, 1.165) is 25.1 Å². The van der Waals surface area contributed by atoms with E-state index < -0.39 is 0 Å². The number of rotatable bonds is 4. The quantitative estimate of drug-likeness (QED) is 0.900. The lowest BCUT2D eigenvalue weighted by Crippen LogP contribution is -2.37. The molecule has 0 saturated carbocycles. The summed E-state index contributed by atoms with van der Waals surface area (Å²) in [6.07, 6.45) is 1.55. The summed E-state index contributed by atoms with van der Waals surface area (Å²) >= 11 is 0. The summed E-state index contributed by atoms with van der Waals surface area (Å²) in [6, 6.07) is 8.70. The third kappa shape index (κ3) is 4.06. The van der Waals surface area contributed by atoms with Gasteiger partial charge in [0.2, 0.25) is 5.91 Å². The van der Waals surface area contributed by atoms with E-state index in [1.54, 1.807) is 0 Å². The number of nitrogens with zero attached hydrogens (tertiary/aromatic N) is 1. The summed E-state index contributed by atoms with van der Waals surface area (Å²) in [5, 5.41) is 3.11. The van der Waals surface area contributed by atoms with E-state index in [1.165, 1.54) is 5.56 Å². The van der Waals surface area contributed by atoms with Gasteiger partial charge in [0.15, 0.2) is 0 Å². The van der Waals surface area contributed by atoms with Crippen molar-refractivity contribution < 1.29 is 4.79 Å². The monoisotopic (exact) mass is 260 g/mol. The van der Waals surface area contributed by atoms with Crippen LogP contribution in [-0.4, -0.2) is 37.0 Å². The Kier molecular flexibility index (Phi) is 4.59. The van der Waals surface area contributed by atoms with Crippen molar-refractivity contribution in [3.63, 3.8) is 0 Å². The molecular formula is C16H24N2O. The van der Waals surface area contributed by atoms with Crippen LogP contribution >= 0.6 is 0 Å². The lowest BCUT2D eigenvalue weighted by molar-refractivity contribution is -0.121. The number of carbonyl (C=O) groups is 1. The molecule has 1 amide bonds. The molecule has 1 aromatic rings. The van der Waals surface area contributed by atoms with Crippen LogP contribution in [0.25, 0.3) is 0 Å². The Morgan fingerprint density at radius 1 is 1.37 bits per heavy atom. The Bertz CT molecular complexity index is 425. The van der Waals surface area contributed by atoms with Crippen LogP contribution in [0.3, 0.4) is 0 Å². The minimum absolute atomic E-state index is 0.137. The SMILES string of the molecule is CC(C)c1ccc(CC(=O)N[C@@H]2CCN(C)C2)cc1. The molecule has 1 N–H and O–H groups in total. The maximum absolute atomic E-state index is 12.0. The largest absolute Gasteiger partial charge is 0.352 e. The van der Waals surface area contributed by atoms with E-state index in [-0.39, 0.29) is 5.91 Å². The predicted molar refractivity (Wildman–Crippen MR) is 78.3 cm³/mol. The molecule has 1 aromatic carbocycles. The Hall–Kier alpha value is -1.35. The third-order valence-electron chi connectivity index (χ3n) is 3.77. The number of nitrogens with one attached hydrogen (secondary N) is 1. The average molecular weight is 260 g/mol. The molecule has 104 valence electrons. The lowest BCUT2D eigenvalue weighted by Gasteiger charge is -2.13. The van der Waals surface area contributed by atoms with Crippen LogP contribution in [0.1, 0.15) is 37.3 Å². The number of benzene rings is 1. The Morgan fingerprint density at radius 3 is 2.58 bits per heavy atom. The molecule has 1 saturated heterocycles. The van der Waals surface area contributed by atoms with Crippen molar-refractivity contribution in [1.29, 1.82) is 0 Å². The lowest BCUT2D eigenvalue weighted by atomic mass is 10.0. The number of likely N-dealkylation sites (N-methyl/N-ethyl adjacent to an activating group) is 1. The molecule has 1 aliphatic heterocycles. The molecule has 0 aliphatic carbocycles. The van der Waals surface area contributed by atoms with Gasteiger partial charge in [0.1, 0.15) is 0 Å². The molecule has 0 bridgehead atoms. The fourth-order valence-electron chi connectivity index (χ4n) is 2.54. The third-order valence-corrected chi connectivity index (χ3v) is 3.77. The molecule has 1 aliphatic rings. The Labute approximate surface area is 116 Å². The first kappa shape index (κ1) is 14.1. The standard InChI is InChI=1S/C16H24N2O/c1-12(2)14-6-4-13(5-7-14)10-16(19)17-15-8-9-18(3)11-15/h4-7,12,15H,8-11H2,1-3H3,(H,17,19)/t15-/m1/s1. The minimum Gasteiger partial charge on any atom is -0.352 e. The van der Waals surface area contributed by atoms with Gasteiger partial charge in [0, 0.05) is 12.6 Å². The first-order valence-electron chi connectivity index (χ1n) is 7.11. The molecule has 0 radical (unpaired) electrons. The van der Waals surface area contributed by atoms with Crippen molar-refractivity contribution in [1.82, 2.24) is 10.2 Å². The molecule has 19 heavy (non-hydrogen) atoms. The zero-order valence-corrected chi connectivity index (χ0v) is 12.1. The molecule has 3 nitrogen and oxygen atoms in total. The van der Waals surface area contributed by atoms with Crippen LogP contribution in [0.4, 0.5) is 0 Å². The first-order valence-corrected chi connectivity index (χ1v) is 7.11. The van der Waals surface area contributed by atoms with Gasteiger partial charge in [0.05, 0.1) is 6.42 Å². The van der Waals surface area contributed by atoms with Gasteiger partial charge in [-0.2, -0.15) is 0 Å². The van der Waals surface area contributed by atoms with Gasteiger partial charge in [-0.05, 0) is 37.1 Å². The molecule has 1 fully saturated rings. The normalized spacial score (nSPS) is 19.9. The molecule has 1 atom stereocenters. The second-order valence-corrected chi connectivity index (χ2v) is 5.89. The van der Waals surface area contributed by atoms with Gasteiger partial charge in [-0.25, -0.2) is 0 Å². The highest BCUT2D eigenvalue weighted by molar-refractivity contribution is 5.78. The van der Waals surface area contributed by atoms with Gasteiger partial charge < -0.3 is 10.2 Å². The summed E-state index contributed by atoms with van der Waals surface area (Å²) in [5.74, 6) is 0.675. The van der Waals surface area contributed by atoms with Crippen LogP contribution in [-0.2, 0) is 11.2 Å². The molecular weight excluding hydrogens is 236 g/mol. The summed E-state index contributed by atoms with van der Waals surface area (Å²) in [4.78, 5) is 14.2. The van der Waals surface area contributed by atoms with E-state index in [2.05, 4.69) is 55.4 Å². The highest BCUT2D eigenvalue weighted by Gasteiger charge is 2.20. The summed E-state index contributed by atoms with van der Waals surface area (Å²) < 4.78 is 0. The van der Waals surface area contributed by atoms with E-state index in [9.17, 15) is 4.79 Å².